The van der Waals surface area contributed by atoms with Gasteiger partial charge < -0.3 is 16.2 Å². The van der Waals surface area contributed by atoms with Gasteiger partial charge in [-0.05, 0) is 25.0 Å². The number of nitrogens with zero attached hydrogens (tertiary/aromatic N) is 4. The Balaban J connectivity index is 1.68. The van der Waals surface area contributed by atoms with E-state index in [9.17, 15) is 5.11 Å². The lowest BCUT2D eigenvalue weighted by molar-refractivity contribution is 0.0515. The summed E-state index contributed by atoms with van der Waals surface area (Å²) in [5.74, 6) is 1.05. The number of nitrogens with one attached hydrogen (secondary N) is 1. The summed E-state index contributed by atoms with van der Waals surface area (Å²) in [5, 5.41) is 17.9. The second-order valence-corrected chi connectivity index (χ2v) is 5.73. The topological polar surface area (TPSA) is 102 Å². The minimum absolute atomic E-state index is 0.417. The fourth-order valence-corrected chi connectivity index (χ4v) is 2.47. The van der Waals surface area contributed by atoms with Gasteiger partial charge in [-0.25, -0.2) is 14.6 Å². The number of benzene rings is 1. The van der Waals surface area contributed by atoms with Crippen molar-refractivity contribution in [2.75, 3.05) is 17.6 Å². The summed E-state index contributed by atoms with van der Waals surface area (Å²) >= 11 is 0. The molecule has 0 aliphatic carbocycles. The molecule has 0 bridgehead atoms. The van der Waals surface area contributed by atoms with Crippen LogP contribution in [0.1, 0.15) is 18.9 Å². The molecule has 0 saturated carbocycles. The van der Waals surface area contributed by atoms with Crippen molar-refractivity contribution in [3.8, 4) is 5.82 Å². The van der Waals surface area contributed by atoms with E-state index in [0.29, 0.717) is 30.3 Å². The second kappa shape index (κ2) is 6.67. The lowest BCUT2D eigenvalue weighted by atomic mass is 9.93. The molecule has 7 nitrogen and oxygen atoms in total. The summed E-state index contributed by atoms with van der Waals surface area (Å²) in [5.41, 5.74) is 6.49. The third-order valence-electron chi connectivity index (χ3n) is 3.88. The lowest BCUT2D eigenvalue weighted by Crippen LogP contribution is -2.25. The van der Waals surface area contributed by atoms with Gasteiger partial charge in [-0.15, -0.1) is 0 Å². The van der Waals surface area contributed by atoms with Crippen molar-refractivity contribution in [3.63, 3.8) is 0 Å². The molecule has 0 amide bonds. The third kappa shape index (κ3) is 3.36. The first-order chi connectivity index (χ1) is 11.6. The van der Waals surface area contributed by atoms with Crippen molar-refractivity contribution in [1.82, 2.24) is 19.7 Å². The first-order valence-electron chi connectivity index (χ1n) is 7.70. The molecule has 0 spiro atoms. The van der Waals surface area contributed by atoms with Crippen LogP contribution in [0.3, 0.4) is 0 Å². The van der Waals surface area contributed by atoms with E-state index in [4.69, 9.17) is 5.73 Å². The van der Waals surface area contributed by atoms with Gasteiger partial charge in [0.1, 0.15) is 12.0 Å². The maximum Gasteiger partial charge on any atom is 0.181 e. The zero-order chi connectivity index (χ0) is 17.0. The molecule has 3 aromatic rings. The maximum absolute atomic E-state index is 10.6. The van der Waals surface area contributed by atoms with Crippen molar-refractivity contribution in [1.29, 1.82) is 0 Å². The van der Waals surface area contributed by atoms with Crippen molar-refractivity contribution in [2.45, 2.75) is 18.9 Å². The van der Waals surface area contributed by atoms with Crippen LogP contribution in [0.15, 0.2) is 55.1 Å². The molecule has 3 rings (SSSR count). The molecule has 1 unspecified atom stereocenters. The number of nitrogens with two attached hydrogens (primary N) is 1. The predicted molar refractivity (Wildman–Crippen MR) is 92.7 cm³/mol. The van der Waals surface area contributed by atoms with Crippen LogP contribution < -0.4 is 11.1 Å². The van der Waals surface area contributed by atoms with E-state index in [2.05, 4.69) is 20.4 Å². The lowest BCUT2D eigenvalue weighted by Gasteiger charge is -2.24. The van der Waals surface area contributed by atoms with Gasteiger partial charge in [0.05, 0.1) is 5.60 Å². The molecule has 1 aromatic carbocycles. The average molecular weight is 324 g/mol. The SMILES string of the molecule is CC(O)(CCNc1ncnc(-n2cccn2)c1N)c1ccccc1. The van der Waals surface area contributed by atoms with Crippen LogP contribution in [0.5, 0.6) is 0 Å². The van der Waals surface area contributed by atoms with Crippen molar-refractivity contribution < 1.29 is 5.11 Å². The molecule has 24 heavy (non-hydrogen) atoms. The average Bonchev–Trinajstić information content (AvgIpc) is 3.11. The van der Waals surface area contributed by atoms with E-state index < -0.39 is 5.60 Å². The van der Waals surface area contributed by atoms with Crippen molar-refractivity contribution in [3.05, 3.63) is 60.7 Å². The first kappa shape index (κ1) is 15.9. The molecule has 2 heterocycles. The highest BCUT2D eigenvalue weighted by Crippen LogP contribution is 2.25. The summed E-state index contributed by atoms with van der Waals surface area (Å²) in [6.45, 7) is 2.31. The zero-order valence-corrected chi connectivity index (χ0v) is 13.4. The van der Waals surface area contributed by atoms with E-state index >= 15 is 0 Å². The number of anilines is 2. The maximum atomic E-state index is 10.6. The van der Waals surface area contributed by atoms with Crippen LogP contribution in [0.25, 0.3) is 5.82 Å². The van der Waals surface area contributed by atoms with Gasteiger partial charge in [0.2, 0.25) is 0 Å². The molecular formula is C17H20N6O. The van der Waals surface area contributed by atoms with Crippen LogP contribution in [-0.2, 0) is 5.60 Å². The van der Waals surface area contributed by atoms with Gasteiger partial charge in [0.25, 0.3) is 0 Å². The number of hydrogen-bond acceptors (Lipinski definition) is 6. The monoisotopic (exact) mass is 324 g/mol. The molecule has 2 aromatic heterocycles. The summed E-state index contributed by atoms with van der Waals surface area (Å²) in [6, 6.07) is 11.4. The van der Waals surface area contributed by atoms with Crippen molar-refractivity contribution >= 4 is 11.5 Å². The number of rotatable bonds is 6. The van der Waals surface area contributed by atoms with E-state index in [1.54, 1.807) is 30.1 Å². The number of hydrogen-bond donors (Lipinski definition) is 3. The Morgan fingerprint density at radius 1 is 1.21 bits per heavy atom. The Morgan fingerprint density at radius 2 is 2.00 bits per heavy atom. The summed E-state index contributed by atoms with van der Waals surface area (Å²) in [7, 11) is 0. The standard InChI is InChI=1S/C17H20N6O/c1-17(24,13-6-3-2-4-7-13)8-10-19-15-14(18)16(21-12-20-15)23-11-5-9-22-23/h2-7,9,11-12,24H,8,10,18H2,1H3,(H,19,20,21). The first-order valence-corrected chi connectivity index (χ1v) is 7.70. The highest BCUT2D eigenvalue weighted by Gasteiger charge is 2.22. The fraction of sp³-hybridized carbons (Fsp3) is 0.235. The van der Waals surface area contributed by atoms with Crippen LogP contribution >= 0.6 is 0 Å². The largest absolute Gasteiger partial charge is 0.393 e. The Morgan fingerprint density at radius 3 is 2.71 bits per heavy atom. The highest BCUT2D eigenvalue weighted by molar-refractivity contribution is 5.68. The van der Waals surface area contributed by atoms with Crippen molar-refractivity contribution in [2.24, 2.45) is 0 Å². The zero-order valence-electron chi connectivity index (χ0n) is 13.4. The Kier molecular flexibility index (Phi) is 4.43. The molecule has 7 heteroatoms. The minimum atomic E-state index is -0.930. The number of aliphatic hydroxyl groups is 1. The molecule has 0 fully saturated rings. The van der Waals surface area contributed by atoms with Gasteiger partial charge in [-0.1, -0.05) is 30.3 Å². The number of aromatic nitrogens is 4. The summed E-state index contributed by atoms with van der Waals surface area (Å²) in [4.78, 5) is 8.33. The molecule has 4 N–H and O–H groups in total. The van der Waals surface area contributed by atoms with E-state index in [1.807, 2.05) is 30.3 Å². The molecule has 0 radical (unpaired) electrons. The third-order valence-corrected chi connectivity index (χ3v) is 3.88. The van der Waals surface area contributed by atoms with Gasteiger partial charge in [-0.2, -0.15) is 5.10 Å². The molecule has 0 aliphatic heterocycles. The molecule has 1 atom stereocenters. The second-order valence-electron chi connectivity index (χ2n) is 5.73. The quantitative estimate of drug-likeness (QED) is 0.640. The molecule has 124 valence electrons. The number of nitrogen functional groups attached to an aromatic ring is 1. The van der Waals surface area contributed by atoms with Crippen LogP contribution in [0.4, 0.5) is 11.5 Å². The highest BCUT2D eigenvalue weighted by atomic mass is 16.3. The Hall–Kier alpha value is -2.93. The van der Waals surface area contributed by atoms with E-state index in [0.717, 1.165) is 5.56 Å². The Bertz CT molecular complexity index is 786. The van der Waals surface area contributed by atoms with E-state index in [1.165, 1.54) is 6.33 Å². The minimum Gasteiger partial charge on any atom is -0.393 e. The van der Waals surface area contributed by atoms with E-state index in [-0.39, 0.29) is 0 Å². The molecule has 0 saturated heterocycles. The Labute approximate surface area is 140 Å². The molecule has 0 aliphatic rings. The normalized spacial score (nSPS) is 13.4. The smallest absolute Gasteiger partial charge is 0.181 e. The van der Waals surface area contributed by atoms with Crippen LogP contribution in [0, 0.1) is 0 Å². The summed E-state index contributed by atoms with van der Waals surface area (Å²) in [6.07, 6.45) is 5.37. The van der Waals surface area contributed by atoms with Crippen LogP contribution in [0.2, 0.25) is 0 Å². The van der Waals surface area contributed by atoms with Gasteiger partial charge in [0.15, 0.2) is 11.6 Å². The van der Waals surface area contributed by atoms with Gasteiger partial charge in [0, 0.05) is 18.9 Å². The van der Waals surface area contributed by atoms with Crippen LogP contribution in [-0.4, -0.2) is 31.4 Å². The fourth-order valence-electron chi connectivity index (χ4n) is 2.47. The van der Waals surface area contributed by atoms with Gasteiger partial charge >= 0.3 is 0 Å². The van der Waals surface area contributed by atoms with Gasteiger partial charge in [-0.3, -0.25) is 0 Å². The molecular weight excluding hydrogens is 304 g/mol. The predicted octanol–water partition coefficient (Wildman–Crippen LogP) is 1.95. The summed E-state index contributed by atoms with van der Waals surface area (Å²) < 4.78 is 1.59.